The van der Waals surface area contributed by atoms with Crippen molar-refractivity contribution in [1.82, 2.24) is 4.90 Å². The lowest BCUT2D eigenvalue weighted by Crippen LogP contribution is -2.41. The fourth-order valence-corrected chi connectivity index (χ4v) is 4.75. The van der Waals surface area contributed by atoms with Gasteiger partial charge in [0.1, 0.15) is 11.3 Å². The quantitative estimate of drug-likeness (QED) is 0.686. The highest BCUT2D eigenvalue weighted by atomic mass is 16.5. The fraction of sp³-hybridized carbons (Fsp3) is 0.174. The third-order valence-corrected chi connectivity index (χ3v) is 5.80. The molecule has 3 nitrogen and oxygen atoms in total. The second-order valence-electron chi connectivity index (χ2n) is 6.93. The summed E-state index contributed by atoms with van der Waals surface area (Å²) in [6.45, 7) is 2.10. The van der Waals surface area contributed by atoms with Crippen LogP contribution in [0.25, 0.3) is 0 Å². The van der Waals surface area contributed by atoms with Crippen molar-refractivity contribution in [2.45, 2.75) is 18.5 Å². The summed E-state index contributed by atoms with van der Waals surface area (Å²) in [7, 11) is 1.68. The Kier molecular flexibility index (Phi) is 3.05. The van der Waals surface area contributed by atoms with Crippen LogP contribution in [0.3, 0.4) is 0 Å². The van der Waals surface area contributed by atoms with Gasteiger partial charge < -0.3 is 9.64 Å². The van der Waals surface area contributed by atoms with Gasteiger partial charge in [-0.05, 0) is 47.4 Å². The van der Waals surface area contributed by atoms with Gasteiger partial charge in [-0.15, -0.1) is 0 Å². The molecular weight excluding hydrogens is 322 g/mol. The fourth-order valence-electron chi connectivity index (χ4n) is 4.75. The normalized spacial score (nSPS) is 22.8. The molecule has 3 aromatic rings. The molecule has 2 aliphatic heterocycles. The number of benzene rings is 3. The maximum absolute atomic E-state index is 13.4. The molecule has 2 heterocycles. The lowest BCUT2D eigenvalue weighted by Gasteiger charge is -2.36. The summed E-state index contributed by atoms with van der Waals surface area (Å²) in [5.74, 6) is 0.910. The highest BCUT2D eigenvalue weighted by Crippen LogP contribution is 2.58. The average Bonchev–Trinajstić information content (AvgIpc) is 3.12. The van der Waals surface area contributed by atoms with E-state index >= 15 is 0 Å². The Balaban J connectivity index is 1.91. The number of hydrogen-bond acceptors (Lipinski definition) is 2. The Morgan fingerprint density at radius 1 is 0.923 bits per heavy atom. The number of carbonyl (C=O) groups is 1. The summed E-state index contributed by atoms with van der Waals surface area (Å²) < 4.78 is 5.44. The van der Waals surface area contributed by atoms with Gasteiger partial charge in [-0.25, -0.2) is 0 Å². The van der Waals surface area contributed by atoms with Crippen molar-refractivity contribution in [2.24, 2.45) is 0 Å². The minimum absolute atomic E-state index is 0.0276. The van der Waals surface area contributed by atoms with Crippen molar-refractivity contribution in [3.63, 3.8) is 0 Å². The van der Waals surface area contributed by atoms with Crippen LogP contribution >= 0.6 is 0 Å². The molecule has 0 unspecified atom stereocenters. The van der Waals surface area contributed by atoms with Crippen LogP contribution in [0.15, 0.2) is 72.8 Å². The molecule has 3 heteroatoms. The average molecular weight is 341 g/mol. The number of nitrogens with zero attached hydrogens (tertiary/aromatic N) is 1. The summed E-state index contributed by atoms with van der Waals surface area (Å²) >= 11 is 0. The number of fused-ring (bicyclic) bond motifs is 5. The molecule has 128 valence electrons. The lowest BCUT2D eigenvalue weighted by atomic mass is 9.78. The van der Waals surface area contributed by atoms with Crippen LogP contribution in [0.1, 0.15) is 45.6 Å². The highest BCUT2D eigenvalue weighted by molar-refractivity contribution is 6.03. The van der Waals surface area contributed by atoms with E-state index in [2.05, 4.69) is 37.3 Å². The molecule has 5 rings (SSSR count). The van der Waals surface area contributed by atoms with E-state index in [-0.39, 0.29) is 11.9 Å². The molecule has 0 saturated carbocycles. The van der Waals surface area contributed by atoms with Gasteiger partial charge >= 0.3 is 0 Å². The minimum Gasteiger partial charge on any atom is -0.497 e. The van der Waals surface area contributed by atoms with Crippen LogP contribution in [0.5, 0.6) is 5.75 Å². The summed E-state index contributed by atoms with van der Waals surface area (Å²) in [4.78, 5) is 15.4. The van der Waals surface area contributed by atoms with Crippen molar-refractivity contribution in [3.05, 3.63) is 101 Å². The molecule has 0 spiro atoms. The van der Waals surface area contributed by atoms with Crippen LogP contribution < -0.4 is 4.74 Å². The molecule has 3 aromatic carbocycles. The smallest absolute Gasteiger partial charge is 0.256 e. The molecule has 0 radical (unpaired) electrons. The largest absolute Gasteiger partial charge is 0.497 e. The van der Waals surface area contributed by atoms with E-state index in [1.807, 2.05) is 47.4 Å². The van der Waals surface area contributed by atoms with Crippen LogP contribution in [0.2, 0.25) is 0 Å². The zero-order valence-corrected chi connectivity index (χ0v) is 14.8. The van der Waals surface area contributed by atoms with Gasteiger partial charge in [0.2, 0.25) is 0 Å². The first-order valence-electron chi connectivity index (χ1n) is 8.86. The summed E-state index contributed by atoms with van der Waals surface area (Å²) in [5.41, 5.74) is 4.72. The monoisotopic (exact) mass is 341 g/mol. The predicted molar refractivity (Wildman–Crippen MR) is 100 cm³/mol. The predicted octanol–water partition coefficient (Wildman–Crippen LogP) is 4.52. The first-order chi connectivity index (χ1) is 12.7. The zero-order valence-electron chi connectivity index (χ0n) is 14.8. The van der Waals surface area contributed by atoms with Crippen LogP contribution in [-0.4, -0.2) is 17.9 Å². The maximum atomic E-state index is 13.4. The highest BCUT2D eigenvalue weighted by Gasteiger charge is 2.58. The van der Waals surface area contributed by atoms with Crippen molar-refractivity contribution < 1.29 is 9.53 Å². The first-order valence-corrected chi connectivity index (χ1v) is 8.86. The topological polar surface area (TPSA) is 29.5 Å². The molecule has 0 N–H and O–H groups in total. The molecule has 2 atom stereocenters. The third-order valence-electron chi connectivity index (χ3n) is 5.80. The Morgan fingerprint density at radius 2 is 1.65 bits per heavy atom. The summed E-state index contributed by atoms with van der Waals surface area (Å²) in [6, 6.07) is 24.5. The zero-order chi connectivity index (χ0) is 17.9. The first kappa shape index (κ1) is 15.2. The van der Waals surface area contributed by atoms with Crippen LogP contribution in [-0.2, 0) is 5.54 Å². The second-order valence-corrected chi connectivity index (χ2v) is 6.93. The van der Waals surface area contributed by atoms with Crippen molar-refractivity contribution in [2.75, 3.05) is 7.11 Å². The standard InChI is InChI=1S/C23H19NO2/c1-15-19-14-17(26-2)12-13-21(19)23(16-8-4-3-5-9-16)20-11-7-6-10-18(20)22(25)24(15)23/h3-15H,1-2H3/t15-,23-/m1/s1. The SMILES string of the molecule is COc1ccc2c(c1)[C@@H](C)N1C(=O)c3ccccc3[C@]21c1ccccc1. The lowest BCUT2D eigenvalue weighted by molar-refractivity contribution is 0.0633. The molecular formula is C23H19NO2. The van der Waals surface area contributed by atoms with Gasteiger partial charge in [0.15, 0.2) is 0 Å². The molecule has 2 aliphatic rings. The van der Waals surface area contributed by atoms with Gasteiger partial charge in [-0.2, -0.15) is 0 Å². The van der Waals surface area contributed by atoms with Gasteiger partial charge in [0.25, 0.3) is 5.91 Å². The van der Waals surface area contributed by atoms with E-state index in [1.54, 1.807) is 7.11 Å². The van der Waals surface area contributed by atoms with Crippen LogP contribution in [0.4, 0.5) is 0 Å². The van der Waals surface area contributed by atoms with Gasteiger partial charge in [-0.3, -0.25) is 4.79 Å². The summed E-state index contributed by atoms with van der Waals surface area (Å²) in [6.07, 6.45) is 0. The number of ether oxygens (including phenoxy) is 1. The minimum atomic E-state index is -0.573. The Bertz CT molecular complexity index is 1030. The Morgan fingerprint density at radius 3 is 2.42 bits per heavy atom. The summed E-state index contributed by atoms with van der Waals surface area (Å²) in [5, 5.41) is 0. The van der Waals surface area contributed by atoms with E-state index in [4.69, 9.17) is 4.74 Å². The molecule has 0 fully saturated rings. The van der Waals surface area contributed by atoms with Crippen molar-refractivity contribution in [1.29, 1.82) is 0 Å². The molecule has 0 bridgehead atoms. The van der Waals surface area contributed by atoms with Gasteiger partial charge in [0, 0.05) is 5.56 Å². The number of hydrogen-bond donors (Lipinski definition) is 0. The van der Waals surface area contributed by atoms with Gasteiger partial charge in [0.05, 0.1) is 13.2 Å². The van der Waals surface area contributed by atoms with E-state index in [0.717, 1.165) is 33.6 Å². The van der Waals surface area contributed by atoms with E-state index in [9.17, 15) is 4.79 Å². The van der Waals surface area contributed by atoms with Crippen molar-refractivity contribution in [3.8, 4) is 5.75 Å². The molecule has 0 aliphatic carbocycles. The molecule has 1 amide bonds. The van der Waals surface area contributed by atoms with Crippen molar-refractivity contribution >= 4 is 5.91 Å². The molecule has 0 saturated heterocycles. The second kappa shape index (κ2) is 5.21. The van der Waals surface area contributed by atoms with E-state index < -0.39 is 5.54 Å². The molecule has 0 aromatic heterocycles. The number of rotatable bonds is 2. The third kappa shape index (κ3) is 1.65. The number of carbonyl (C=O) groups excluding carboxylic acids is 1. The number of methoxy groups -OCH3 is 1. The number of amides is 1. The van der Waals surface area contributed by atoms with E-state index in [1.165, 1.54) is 0 Å². The van der Waals surface area contributed by atoms with Crippen LogP contribution in [0, 0.1) is 0 Å². The van der Waals surface area contributed by atoms with Gasteiger partial charge in [-0.1, -0.05) is 54.6 Å². The van der Waals surface area contributed by atoms with E-state index in [0.29, 0.717) is 0 Å². The Hall–Kier alpha value is -3.07. The Labute approximate surface area is 152 Å². The maximum Gasteiger partial charge on any atom is 0.256 e. The molecule has 26 heavy (non-hydrogen) atoms.